The Bertz CT molecular complexity index is 583. The lowest BCUT2D eigenvalue weighted by molar-refractivity contribution is -0.140. The van der Waals surface area contributed by atoms with E-state index >= 15 is 0 Å². The van der Waals surface area contributed by atoms with Gasteiger partial charge < -0.3 is 20.1 Å². The van der Waals surface area contributed by atoms with Gasteiger partial charge in [-0.25, -0.2) is 0 Å². The van der Waals surface area contributed by atoms with Crippen LogP contribution in [0.4, 0.5) is 0 Å². The molecule has 2 amide bonds. The van der Waals surface area contributed by atoms with Gasteiger partial charge in [-0.15, -0.1) is 24.0 Å². The second kappa shape index (κ2) is 11.1. The highest BCUT2D eigenvalue weighted by molar-refractivity contribution is 14.0. The Kier molecular flexibility index (Phi) is 9.16. The number of halogens is 1. The van der Waals surface area contributed by atoms with Crippen molar-refractivity contribution in [2.45, 2.75) is 12.8 Å². The molecule has 3 aliphatic rings. The fourth-order valence-corrected chi connectivity index (χ4v) is 4.32. The summed E-state index contributed by atoms with van der Waals surface area (Å²) in [5.41, 5.74) is 0. The maximum Gasteiger partial charge on any atom is 0.233 e. The van der Waals surface area contributed by atoms with Crippen LogP contribution in [0.25, 0.3) is 0 Å². The van der Waals surface area contributed by atoms with Gasteiger partial charge in [0.25, 0.3) is 0 Å². The predicted molar refractivity (Wildman–Crippen MR) is 117 cm³/mol. The Labute approximate surface area is 183 Å². The number of aliphatic imine (C=N–C) groups is 1. The lowest BCUT2D eigenvalue weighted by Gasteiger charge is -2.18. The molecule has 158 valence electrons. The number of fused-ring (bicyclic) bond motifs is 5. The van der Waals surface area contributed by atoms with E-state index in [1.165, 1.54) is 4.90 Å². The van der Waals surface area contributed by atoms with Gasteiger partial charge in [0.2, 0.25) is 11.8 Å². The first-order chi connectivity index (χ1) is 13.2. The van der Waals surface area contributed by atoms with E-state index in [2.05, 4.69) is 27.8 Å². The number of nitrogens with one attached hydrogen (secondary N) is 2. The van der Waals surface area contributed by atoms with E-state index in [1.807, 2.05) is 0 Å². The molecule has 1 saturated heterocycles. The number of imide groups is 1. The second-order valence-corrected chi connectivity index (χ2v) is 7.21. The standard InChI is InChI=1S/C19H30N4O4.HI/c1-20-19(21-6-3-9-27-11-10-26-2)22-7-8-23-17(24)15-13-4-5-14(12-13)16(15)18(23)25;/h4-5,13-16H,3,6-12H2,1-2H3,(H2,20,21,22);1H. The largest absolute Gasteiger partial charge is 0.382 e. The van der Waals surface area contributed by atoms with E-state index < -0.39 is 0 Å². The van der Waals surface area contributed by atoms with Gasteiger partial charge in [0.15, 0.2) is 5.96 Å². The molecule has 0 aromatic carbocycles. The van der Waals surface area contributed by atoms with E-state index in [0.717, 1.165) is 19.4 Å². The zero-order valence-corrected chi connectivity index (χ0v) is 18.9. The molecule has 0 radical (unpaired) electrons. The van der Waals surface area contributed by atoms with Crippen LogP contribution in [0.5, 0.6) is 0 Å². The zero-order chi connectivity index (χ0) is 19.2. The van der Waals surface area contributed by atoms with Gasteiger partial charge in [0, 0.05) is 40.4 Å². The molecule has 0 spiro atoms. The number of carbonyl (C=O) groups excluding carboxylic acids is 2. The van der Waals surface area contributed by atoms with E-state index in [4.69, 9.17) is 9.47 Å². The van der Waals surface area contributed by atoms with Crippen molar-refractivity contribution in [3.8, 4) is 0 Å². The Morgan fingerprint density at radius 2 is 1.75 bits per heavy atom. The summed E-state index contributed by atoms with van der Waals surface area (Å²) < 4.78 is 10.3. The van der Waals surface area contributed by atoms with Gasteiger partial charge in [0.05, 0.1) is 25.0 Å². The topological polar surface area (TPSA) is 92.3 Å². The van der Waals surface area contributed by atoms with Gasteiger partial charge >= 0.3 is 0 Å². The third-order valence-corrected chi connectivity index (χ3v) is 5.60. The normalized spacial score (nSPS) is 27.9. The molecular formula is C19H31IN4O4. The zero-order valence-electron chi connectivity index (χ0n) is 16.6. The number of hydrogen-bond donors (Lipinski definition) is 2. The summed E-state index contributed by atoms with van der Waals surface area (Å²) in [7, 11) is 3.35. The van der Waals surface area contributed by atoms with Crippen LogP contribution in [0.15, 0.2) is 17.1 Å². The van der Waals surface area contributed by atoms with Crippen LogP contribution in [0, 0.1) is 23.7 Å². The average molecular weight is 506 g/mol. The first-order valence-corrected chi connectivity index (χ1v) is 9.72. The van der Waals surface area contributed by atoms with Crippen LogP contribution in [0.3, 0.4) is 0 Å². The molecule has 1 heterocycles. The molecule has 2 fully saturated rings. The van der Waals surface area contributed by atoms with E-state index in [-0.39, 0.29) is 59.5 Å². The molecule has 4 unspecified atom stereocenters. The molecule has 28 heavy (non-hydrogen) atoms. The lowest BCUT2D eigenvalue weighted by atomic mass is 9.85. The van der Waals surface area contributed by atoms with Crippen LogP contribution in [-0.4, -0.2) is 76.3 Å². The highest BCUT2D eigenvalue weighted by atomic mass is 127. The molecule has 1 aliphatic heterocycles. The summed E-state index contributed by atoms with van der Waals surface area (Å²) in [6.07, 6.45) is 6.05. The number of carbonyl (C=O) groups is 2. The minimum atomic E-state index is -0.122. The molecule has 8 nitrogen and oxygen atoms in total. The minimum absolute atomic E-state index is 0. The van der Waals surface area contributed by atoms with Crippen molar-refractivity contribution in [2.24, 2.45) is 28.7 Å². The molecule has 3 rings (SSSR count). The van der Waals surface area contributed by atoms with E-state index in [0.29, 0.717) is 38.9 Å². The summed E-state index contributed by atoms with van der Waals surface area (Å²) in [6, 6.07) is 0. The molecule has 2 bridgehead atoms. The number of nitrogens with zero attached hydrogens (tertiary/aromatic N) is 2. The average Bonchev–Trinajstić information content (AvgIpc) is 3.35. The minimum Gasteiger partial charge on any atom is -0.382 e. The molecule has 2 aliphatic carbocycles. The molecule has 2 N–H and O–H groups in total. The van der Waals surface area contributed by atoms with Crippen molar-refractivity contribution in [1.29, 1.82) is 0 Å². The predicted octanol–water partition coefficient (Wildman–Crippen LogP) is 0.630. The SMILES string of the molecule is CN=C(NCCCOCCOC)NCCN1C(=O)C2C3C=CC(C3)C2C1=O.I. The summed E-state index contributed by atoms with van der Waals surface area (Å²) in [4.78, 5) is 30.9. The fraction of sp³-hybridized carbons (Fsp3) is 0.737. The van der Waals surface area contributed by atoms with Crippen molar-refractivity contribution in [1.82, 2.24) is 15.5 Å². The third kappa shape index (κ3) is 5.04. The molecule has 0 aromatic heterocycles. The van der Waals surface area contributed by atoms with Gasteiger partial charge in [-0.05, 0) is 24.7 Å². The number of hydrogen-bond acceptors (Lipinski definition) is 5. The van der Waals surface area contributed by atoms with Crippen LogP contribution in [-0.2, 0) is 19.1 Å². The number of amides is 2. The van der Waals surface area contributed by atoms with Crippen LogP contribution < -0.4 is 10.6 Å². The van der Waals surface area contributed by atoms with Crippen molar-refractivity contribution >= 4 is 41.8 Å². The summed E-state index contributed by atoms with van der Waals surface area (Å²) in [5, 5.41) is 6.37. The molecule has 4 atom stereocenters. The fourth-order valence-electron chi connectivity index (χ4n) is 4.32. The second-order valence-electron chi connectivity index (χ2n) is 7.21. The van der Waals surface area contributed by atoms with Crippen LogP contribution >= 0.6 is 24.0 Å². The Morgan fingerprint density at radius 1 is 1.11 bits per heavy atom. The number of methoxy groups -OCH3 is 1. The van der Waals surface area contributed by atoms with Gasteiger partial charge in [0.1, 0.15) is 0 Å². The monoisotopic (exact) mass is 506 g/mol. The van der Waals surface area contributed by atoms with E-state index in [9.17, 15) is 9.59 Å². The smallest absolute Gasteiger partial charge is 0.233 e. The highest BCUT2D eigenvalue weighted by Gasteiger charge is 2.58. The number of likely N-dealkylation sites (tertiary alicyclic amines) is 1. The Morgan fingerprint density at radius 3 is 2.36 bits per heavy atom. The van der Waals surface area contributed by atoms with Crippen LogP contribution in [0.2, 0.25) is 0 Å². The van der Waals surface area contributed by atoms with Crippen molar-refractivity contribution < 1.29 is 19.1 Å². The quantitative estimate of drug-likeness (QED) is 0.113. The lowest BCUT2D eigenvalue weighted by Crippen LogP contribution is -2.44. The molecule has 9 heteroatoms. The number of ether oxygens (including phenoxy) is 2. The Hall–Kier alpha value is -1.20. The maximum atomic E-state index is 12.6. The first kappa shape index (κ1) is 23.1. The highest BCUT2D eigenvalue weighted by Crippen LogP contribution is 2.52. The van der Waals surface area contributed by atoms with Crippen LogP contribution in [0.1, 0.15) is 12.8 Å². The van der Waals surface area contributed by atoms with Gasteiger partial charge in [-0.1, -0.05) is 12.2 Å². The maximum absolute atomic E-state index is 12.6. The van der Waals surface area contributed by atoms with Gasteiger partial charge in [-0.3, -0.25) is 19.5 Å². The summed E-state index contributed by atoms with van der Waals surface area (Å²) in [5.74, 6) is 0.934. The van der Waals surface area contributed by atoms with E-state index in [1.54, 1.807) is 14.2 Å². The summed E-state index contributed by atoms with van der Waals surface area (Å²) in [6.45, 7) is 3.45. The molecule has 0 aromatic rings. The van der Waals surface area contributed by atoms with Crippen molar-refractivity contribution in [3.05, 3.63) is 12.2 Å². The van der Waals surface area contributed by atoms with Crippen molar-refractivity contribution in [3.63, 3.8) is 0 Å². The van der Waals surface area contributed by atoms with Gasteiger partial charge in [-0.2, -0.15) is 0 Å². The molecular weight excluding hydrogens is 475 g/mol. The molecule has 1 saturated carbocycles. The number of guanidine groups is 1. The third-order valence-electron chi connectivity index (χ3n) is 5.60. The first-order valence-electron chi connectivity index (χ1n) is 9.72. The number of allylic oxidation sites excluding steroid dienone is 2. The Balaban J connectivity index is 0.00000280. The van der Waals surface area contributed by atoms with Crippen molar-refractivity contribution in [2.75, 3.05) is 53.6 Å². The number of rotatable bonds is 10. The summed E-state index contributed by atoms with van der Waals surface area (Å²) >= 11 is 0.